The second-order valence-corrected chi connectivity index (χ2v) is 8.04. The zero-order chi connectivity index (χ0) is 17.3. The molecule has 0 aromatic heterocycles. The second kappa shape index (κ2) is 9.97. The Hall–Kier alpha value is -0.170. The van der Waals surface area contributed by atoms with Gasteiger partial charge in [0, 0.05) is 6.42 Å². The molecule has 0 aromatic carbocycles. The summed E-state index contributed by atoms with van der Waals surface area (Å²) in [5.74, 6) is 0. The first-order valence-corrected chi connectivity index (χ1v) is 10.5. The highest BCUT2D eigenvalue weighted by Crippen LogP contribution is 2.41. The van der Waals surface area contributed by atoms with Crippen LogP contribution < -0.4 is 0 Å². The first-order valence-electron chi connectivity index (χ1n) is 9.16. The Kier molecular flexibility index (Phi) is 9.04. The minimum Gasteiger partial charge on any atom is -0.393 e. The zero-order valence-electron chi connectivity index (χ0n) is 14.9. The fourth-order valence-electron chi connectivity index (χ4n) is 3.29. The standard InChI is InChI=1S/C17H34O5S/c1-4-7-8-9-10-11-15(18)12-13-17(5-2,6-3)14-16-21-23(19,20)22-16/h15-16,18H,4-14H2,1-3H3. The molecule has 5 nitrogen and oxygen atoms in total. The summed E-state index contributed by atoms with van der Waals surface area (Å²) >= 11 is 0. The summed E-state index contributed by atoms with van der Waals surface area (Å²) in [4.78, 5) is 0. The van der Waals surface area contributed by atoms with Crippen LogP contribution in [0.3, 0.4) is 0 Å². The number of aliphatic hydroxyl groups excluding tert-OH is 1. The monoisotopic (exact) mass is 350 g/mol. The van der Waals surface area contributed by atoms with Gasteiger partial charge in [-0.3, -0.25) is 0 Å². The van der Waals surface area contributed by atoms with Crippen molar-refractivity contribution in [3.63, 3.8) is 0 Å². The molecule has 1 aliphatic rings. The zero-order valence-corrected chi connectivity index (χ0v) is 15.7. The Labute approximate surface area is 142 Å². The van der Waals surface area contributed by atoms with Crippen molar-refractivity contribution in [2.45, 2.75) is 104 Å². The van der Waals surface area contributed by atoms with Crippen LogP contribution >= 0.6 is 0 Å². The van der Waals surface area contributed by atoms with Crippen LogP contribution in [0.4, 0.5) is 0 Å². The first-order chi connectivity index (χ1) is 10.9. The molecule has 0 bridgehead atoms. The fourth-order valence-corrected chi connectivity index (χ4v) is 3.96. The van der Waals surface area contributed by atoms with Crippen molar-refractivity contribution in [1.29, 1.82) is 0 Å². The molecular formula is C17H34O5S. The van der Waals surface area contributed by atoms with Gasteiger partial charge in [0.2, 0.25) is 0 Å². The van der Waals surface area contributed by atoms with Crippen LogP contribution in [0, 0.1) is 5.41 Å². The molecule has 0 saturated carbocycles. The van der Waals surface area contributed by atoms with E-state index in [-0.39, 0.29) is 11.5 Å². The molecule has 138 valence electrons. The van der Waals surface area contributed by atoms with Crippen molar-refractivity contribution < 1.29 is 21.9 Å². The Bertz CT molecular complexity index is 405. The number of rotatable bonds is 13. The van der Waals surface area contributed by atoms with E-state index in [4.69, 9.17) is 8.37 Å². The average Bonchev–Trinajstić information content (AvgIpc) is 2.49. The Morgan fingerprint density at radius 3 is 2.13 bits per heavy atom. The molecule has 0 aromatic rings. The molecule has 6 heteroatoms. The molecule has 1 unspecified atom stereocenters. The molecule has 1 heterocycles. The molecule has 1 rings (SSSR count). The molecular weight excluding hydrogens is 316 g/mol. The maximum atomic E-state index is 10.9. The van der Waals surface area contributed by atoms with E-state index in [0.717, 1.165) is 38.5 Å². The van der Waals surface area contributed by atoms with Gasteiger partial charge in [-0.2, -0.15) is 8.42 Å². The smallest absolute Gasteiger partial charge is 0.393 e. The topological polar surface area (TPSA) is 72.8 Å². The summed E-state index contributed by atoms with van der Waals surface area (Å²) in [6.45, 7) is 6.41. The summed E-state index contributed by atoms with van der Waals surface area (Å²) in [5, 5.41) is 10.2. The molecule has 1 saturated heterocycles. The second-order valence-electron chi connectivity index (χ2n) is 6.84. The van der Waals surface area contributed by atoms with Gasteiger partial charge in [0.25, 0.3) is 0 Å². The fraction of sp³-hybridized carbons (Fsp3) is 1.00. The quantitative estimate of drug-likeness (QED) is 0.501. The molecule has 1 fully saturated rings. The van der Waals surface area contributed by atoms with Gasteiger partial charge in [-0.25, -0.2) is 8.37 Å². The largest absolute Gasteiger partial charge is 0.404 e. The lowest BCUT2D eigenvalue weighted by Gasteiger charge is -2.37. The van der Waals surface area contributed by atoms with Gasteiger partial charge in [-0.1, -0.05) is 65.7 Å². The Morgan fingerprint density at radius 1 is 1.00 bits per heavy atom. The molecule has 0 radical (unpaired) electrons. The van der Waals surface area contributed by atoms with Gasteiger partial charge in [-0.15, -0.1) is 0 Å². The van der Waals surface area contributed by atoms with Crippen molar-refractivity contribution in [1.82, 2.24) is 0 Å². The van der Waals surface area contributed by atoms with Crippen LogP contribution in [0.1, 0.15) is 91.4 Å². The maximum Gasteiger partial charge on any atom is 0.404 e. The Morgan fingerprint density at radius 2 is 1.61 bits per heavy atom. The highest BCUT2D eigenvalue weighted by molar-refractivity contribution is 7.82. The van der Waals surface area contributed by atoms with E-state index >= 15 is 0 Å². The van der Waals surface area contributed by atoms with Crippen LogP contribution in [0.2, 0.25) is 0 Å². The Balaban J connectivity index is 2.31. The molecule has 0 amide bonds. The SMILES string of the molecule is CCCCCCCC(O)CCC(CC)(CC)CC1OS(=O)(=O)O1. The third-order valence-electron chi connectivity index (χ3n) is 5.20. The molecule has 1 N–H and O–H groups in total. The number of hydrogen-bond acceptors (Lipinski definition) is 5. The summed E-state index contributed by atoms with van der Waals surface area (Å²) in [6, 6.07) is 0. The van der Waals surface area contributed by atoms with E-state index in [1.165, 1.54) is 25.7 Å². The van der Waals surface area contributed by atoms with E-state index in [1.807, 2.05) is 0 Å². The number of hydrogen-bond donors (Lipinski definition) is 1. The van der Waals surface area contributed by atoms with E-state index in [9.17, 15) is 13.5 Å². The van der Waals surface area contributed by atoms with Crippen molar-refractivity contribution in [3.05, 3.63) is 0 Å². The van der Waals surface area contributed by atoms with E-state index in [0.29, 0.717) is 6.42 Å². The lowest BCUT2D eigenvalue weighted by molar-refractivity contribution is -0.109. The summed E-state index contributed by atoms with van der Waals surface area (Å²) in [5.41, 5.74) is -0.0240. The molecule has 1 atom stereocenters. The predicted molar refractivity (Wildman–Crippen MR) is 91.1 cm³/mol. The van der Waals surface area contributed by atoms with Crippen LogP contribution in [0.5, 0.6) is 0 Å². The van der Waals surface area contributed by atoms with Crippen molar-refractivity contribution in [3.8, 4) is 0 Å². The lowest BCUT2D eigenvalue weighted by atomic mass is 9.74. The van der Waals surface area contributed by atoms with Gasteiger partial charge < -0.3 is 5.11 Å². The van der Waals surface area contributed by atoms with Crippen LogP contribution in [0.15, 0.2) is 0 Å². The highest BCUT2D eigenvalue weighted by Gasteiger charge is 2.41. The van der Waals surface area contributed by atoms with Crippen LogP contribution in [-0.2, 0) is 18.8 Å². The third-order valence-corrected chi connectivity index (χ3v) is 6.10. The van der Waals surface area contributed by atoms with E-state index < -0.39 is 16.7 Å². The highest BCUT2D eigenvalue weighted by atomic mass is 32.3. The minimum absolute atomic E-state index is 0.0240. The normalized spacial score (nSPS) is 19.5. The minimum atomic E-state index is -3.72. The van der Waals surface area contributed by atoms with Crippen LogP contribution in [0.25, 0.3) is 0 Å². The van der Waals surface area contributed by atoms with E-state index in [1.54, 1.807) is 0 Å². The molecule has 23 heavy (non-hydrogen) atoms. The third kappa shape index (κ3) is 7.50. The van der Waals surface area contributed by atoms with Crippen molar-refractivity contribution in [2.24, 2.45) is 5.41 Å². The summed E-state index contributed by atoms with van der Waals surface area (Å²) in [6.07, 6.45) is 10.0. The van der Waals surface area contributed by atoms with Gasteiger partial charge in [0.05, 0.1) is 6.10 Å². The average molecular weight is 351 g/mol. The van der Waals surface area contributed by atoms with Crippen LogP contribution in [-0.4, -0.2) is 25.9 Å². The first kappa shape index (κ1) is 20.9. The van der Waals surface area contributed by atoms with Crippen molar-refractivity contribution >= 4 is 10.4 Å². The van der Waals surface area contributed by atoms with Gasteiger partial charge >= 0.3 is 10.4 Å². The van der Waals surface area contributed by atoms with Gasteiger partial charge in [0.1, 0.15) is 0 Å². The number of unbranched alkanes of at least 4 members (excludes halogenated alkanes) is 4. The molecule has 0 aliphatic carbocycles. The van der Waals surface area contributed by atoms with E-state index in [2.05, 4.69) is 20.8 Å². The molecule has 0 spiro atoms. The maximum absolute atomic E-state index is 10.9. The molecule has 1 aliphatic heterocycles. The van der Waals surface area contributed by atoms with Crippen molar-refractivity contribution in [2.75, 3.05) is 0 Å². The summed E-state index contributed by atoms with van der Waals surface area (Å²) < 4.78 is 31.4. The number of aliphatic hydroxyl groups is 1. The lowest BCUT2D eigenvalue weighted by Crippen LogP contribution is -2.40. The predicted octanol–water partition coefficient (Wildman–Crippen LogP) is 4.30. The van der Waals surface area contributed by atoms with Gasteiger partial charge in [0.15, 0.2) is 6.29 Å². The summed E-state index contributed by atoms with van der Waals surface area (Å²) in [7, 11) is -3.72. The van der Waals surface area contributed by atoms with Gasteiger partial charge in [-0.05, 0) is 24.7 Å².